The van der Waals surface area contributed by atoms with Crippen molar-refractivity contribution in [3.05, 3.63) is 29.0 Å². The summed E-state index contributed by atoms with van der Waals surface area (Å²) in [6, 6.07) is 4.31. The number of halogens is 2. The van der Waals surface area contributed by atoms with Gasteiger partial charge in [-0.3, -0.25) is 4.57 Å². The van der Waals surface area contributed by atoms with E-state index in [9.17, 15) is 12.8 Å². The molecule has 9 heteroatoms. The zero-order chi connectivity index (χ0) is 13.5. The van der Waals surface area contributed by atoms with Crippen LogP contribution in [0.1, 0.15) is 0 Å². The van der Waals surface area contributed by atoms with Crippen LogP contribution in [-0.4, -0.2) is 23.2 Å². The van der Waals surface area contributed by atoms with Crippen molar-refractivity contribution >= 4 is 21.6 Å². The molecule has 6 nitrogen and oxygen atoms in total. The van der Waals surface area contributed by atoms with Gasteiger partial charge < -0.3 is 0 Å². The van der Waals surface area contributed by atoms with Gasteiger partial charge in [-0.05, 0) is 12.1 Å². The zero-order valence-corrected chi connectivity index (χ0v) is 10.7. The van der Waals surface area contributed by atoms with E-state index in [0.29, 0.717) is 0 Å². The smallest absolute Gasteiger partial charge is 0.273 e. The molecule has 2 aromatic rings. The van der Waals surface area contributed by atoms with Gasteiger partial charge in [0.1, 0.15) is 0 Å². The number of sulfonamides is 1. The van der Waals surface area contributed by atoms with Crippen LogP contribution in [0.5, 0.6) is 0 Å². The lowest BCUT2D eigenvalue weighted by Crippen LogP contribution is -2.17. The fourth-order valence-corrected chi connectivity index (χ4v) is 2.27. The molecule has 1 aromatic carbocycles. The Kier molecular flexibility index (Phi) is 3.09. The molecule has 0 unspecified atom stereocenters. The number of nitrogens with two attached hydrogens (primary N) is 1. The number of aromatic nitrogens is 3. The second kappa shape index (κ2) is 4.30. The maximum Gasteiger partial charge on any atom is 0.273 e. The van der Waals surface area contributed by atoms with Gasteiger partial charge in [0.05, 0.1) is 10.6 Å². The van der Waals surface area contributed by atoms with E-state index in [-0.39, 0.29) is 16.4 Å². The van der Waals surface area contributed by atoms with E-state index in [1.807, 2.05) is 0 Å². The summed E-state index contributed by atoms with van der Waals surface area (Å²) in [5, 5.41) is 11.4. The van der Waals surface area contributed by atoms with Crippen LogP contribution in [0.4, 0.5) is 4.39 Å². The number of benzene rings is 1. The molecule has 0 aliphatic rings. The van der Waals surface area contributed by atoms with Crippen molar-refractivity contribution < 1.29 is 12.8 Å². The van der Waals surface area contributed by atoms with Gasteiger partial charge in [-0.15, -0.1) is 10.2 Å². The van der Waals surface area contributed by atoms with Crippen molar-refractivity contribution in [2.75, 3.05) is 0 Å². The minimum atomic E-state index is -4.01. The van der Waals surface area contributed by atoms with E-state index in [4.69, 9.17) is 16.7 Å². The predicted molar refractivity (Wildman–Crippen MR) is 62.8 cm³/mol. The predicted octanol–water partition coefficient (Wildman–Crippen LogP) is 0.922. The Morgan fingerprint density at radius 1 is 1.39 bits per heavy atom. The highest BCUT2D eigenvalue weighted by atomic mass is 35.5. The molecule has 0 saturated carbocycles. The molecule has 18 heavy (non-hydrogen) atoms. The molecular formula is C9H8ClFN4O2S. The standard InChI is InChI=1S/C9H8ClFN4O2S/c1-15-8(13-14-9(15)18(12,16)17)5-3-2-4-6(10)7(5)11/h2-4H,1H3,(H2,12,16,17). The summed E-state index contributed by atoms with van der Waals surface area (Å²) < 4.78 is 37.2. The molecule has 0 saturated heterocycles. The zero-order valence-electron chi connectivity index (χ0n) is 9.13. The molecule has 0 bridgehead atoms. The number of rotatable bonds is 2. The molecule has 2 N–H and O–H groups in total. The highest BCUT2D eigenvalue weighted by Gasteiger charge is 2.21. The van der Waals surface area contributed by atoms with Gasteiger partial charge in [0.25, 0.3) is 15.2 Å². The van der Waals surface area contributed by atoms with Crippen LogP contribution in [0.25, 0.3) is 11.4 Å². The van der Waals surface area contributed by atoms with Crippen molar-refractivity contribution in [2.45, 2.75) is 5.16 Å². The first kappa shape index (κ1) is 12.9. The monoisotopic (exact) mass is 290 g/mol. The van der Waals surface area contributed by atoms with E-state index in [1.54, 1.807) is 0 Å². The van der Waals surface area contributed by atoms with Crippen LogP contribution in [0.15, 0.2) is 23.4 Å². The molecule has 0 spiro atoms. The molecule has 1 heterocycles. The first-order chi connectivity index (χ1) is 8.32. The van der Waals surface area contributed by atoms with Gasteiger partial charge in [0.15, 0.2) is 11.6 Å². The first-order valence-corrected chi connectivity index (χ1v) is 6.61. The van der Waals surface area contributed by atoms with Gasteiger partial charge in [-0.25, -0.2) is 17.9 Å². The van der Waals surface area contributed by atoms with Crippen LogP contribution in [0.2, 0.25) is 5.02 Å². The van der Waals surface area contributed by atoms with Crippen LogP contribution in [0, 0.1) is 5.82 Å². The van der Waals surface area contributed by atoms with Gasteiger partial charge in [-0.2, -0.15) is 0 Å². The van der Waals surface area contributed by atoms with Gasteiger partial charge >= 0.3 is 0 Å². The Hall–Kier alpha value is -1.51. The van der Waals surface area contributed by atoms with E-state index < -0.39 is 21.0 Å². The normalized spacial score (nSPS) is 11.8. The highest BCUT2D eigenvalue weighted by molar-refractivity contribution is 7.89. The van der Waals surface area contributed by atoms with Crippen LogP contribution in [0.3, 0.4) is 0 Å². The molecule has 0 aliphatic carbocycles. The van der Waals surface area contributed by atoms with Crippen molar-refractivity contribution in [3.8, 4) is 11.4 Å². The largest absolute Gasteiger partial charge is 0.300 e. The summed E-state index contributed by atoms with van der Waals surface area (Å²) >= 11 is 5.64. The minimum Gasteiger partial charge on any atom is -0.300 e. The maximum absolute atomic E-state index is 13.8. The fraction of sp³-hybridized carbons (Fsp3) is 0.111. The second-order valence-electron chi connectivity index (χ2n) is 3.51. The third kappa shape index (κ3) is 2.09. The second-order valence-corrected chi connectivity index (χ2v) is 5.37. The summed E-state index contributed by atoms with van der Waals surface area (Å²) in [5.74, 6) is -0.672. The summed E-state index contributed by atoms with van der Waals surface area (Å²) in [4.78, 5) is 0. The average molecular weight is 291 g/mol. The van der Waals surface area contributed by atoms with Gasteiger partial charge in [0, 0.05) is 7.05 Å². The Morgan fingerprint density at radius 2 is 2.06 bits per heavy atom. The van der Waals surface area contributed by atoms with Crippen molar-refractivity contribution in [1.82, 2.24) is 14.8 Å². The van der Waals surface area contributed by atoms with Crippen molar-refractivity contribution in [2.24, 2.45) is 12.2 Å². The molecule has 0 aliphatic heterocycles. The Morgan fingerprint density at radius 3 is 2.61 bits per heavy atom. The Balaban J connectivity index is 2.67. The van der Waals surface area contributed by atoms with Crippen LogP contribution < -0.4 is 5.14 Å². The maximum atomic E-state index is 13.8. The van der Waals surface area contributed by atoms with Gasteiger partial charge in [-0.1, -0.05) is 17.7 Å². The van der Waals surface area contributed by atoms with E-state index >= 15 is 0 Å². The number of nitrogens with zero attached hydrogens (tertiary/aromatic N) is 3. The molecule has 96 valence electrons. The summed E-state index contributed by atoms with van der Waals surface area (Å²) in [7, 11) is -2.64. The Bertz CT molecular complexity index is 713. The lowest BCUT2D eigenvalue weighted by atomic mass is 10.2. The first-order valence-electron chi connectivity index (χ1n) is 4.69. The minimum absolute atomic E-state index is 0.0269. The van der Waals surface area contributed by atoms with Crippen molar-refractivity contribution in [3.63, 3.8) is 0 Å². The van der Waals surface area contributed by atoms with E-state index in [1.165, 1.54) is 25.2 Å². The quantitative estimate of drug-likeness (QED) is 0.890. The molecule has 0 amide bonds. The average Bonchev–Trinajstić information content (AvgIpc) is 2.64. The summed E-state index contributed by atoms with van der Waals surface area (Å²) in [5.41, 5.74) is 0.0485. The lowest BCUT2D eigenvalue weighted by molar-refractivity contribution is 0.580. The number of hydrogen-bond acceptors (Lipinski definition) is 4. The summed E-state index contributed by atoms with van der Waals surface area (Å²) in [6.45, 7) is 0. The van der Waals surface area contributed by atoms with Crippen molar-refractivity contribution in [1.29, 1.82) is 0 Å². The fourth-order valence-electron chi connectivity index (χ4n) is 1.47. The lowest BCUT2D eigenvalue weighted by Gasteiger charge is -2.04. The molecule has 0 radical (unpaired) electrons. The topological polar surface area (TPSA) is 90.9 Å². The highest BCUT2D eigenvalue weighted by Crippen LogP contribution is 2.26. The molecular weight excluding hydrogens is 283 g/mol. The number of hydrogen-bond donors (Lipinski definition) is 1. The van der Waals surface area contributed by atoms with E-state index in [0.717, 1.165) is 4.57 Å². The molecule has 2 rings (SSSR count). The number of primary sulfonamides is 1. The molecule has 0 atom stereocenters. The van der Waals surface area contributed by atoms with Crippen LogP contribution in [-0.2, 0) is 17.1 Å². The van der Waals surface area contributed by atoms with Gasteiger partial charge in [0.2, 0.25) is 0 Å². The third-order valence-corrected chi connectivity index (χ3v) is 3.44. The molecule has 0 fully saturated rings. The molecule has 1 aromatic heterocycles. The van der Waals surface area contributed by atoms with E-state index in [2.05, 4.69) is 10.2 Å². The third-order valence-electron chi connectivity index (χ3n) is 2.28. The summed E-state index contributed by atoms with van der Waals surface area (Å²) in [6.07, 6.45) is 0. The Labute approximate surface area is 107 Å². The van der Waals surface area contributed by atoms with Crippen LogP contribution >= 0.6 is 11.6 Å². The SMILES string of the molecule is Cn1c(-c2cccc(Cl)c2F)nnc1S(N)(=O)=O.